The Morgan fingerprint density at radius 3 is 2.54 bits per heavy atom. The van der Waals surface area contributed by atoms with Gasteiger partial charge >= 0.3 is 0 Å². The molecule has 1 aliphatic heterocycles. The van der Waals surface area contributed by atoms with Gasteiger partial charge in [0.1, 0.15) is 11.2 Å². The van der Waals surface area contributed by atoms with E-state index in [0.717, 1.165) is 0 Å². The third-order valence-corrected chi connectivity index (χ3v) is 1.86. The lowest BCUT2D eigenvalue weighted by atomic mass is 9.97. The van der Waals surface area contributed by atoms with E-state index in [-0.39, 0.29) is 5.70 Å². The summed E-state index contributed by atoms with van der Waals surface area (Å²) in [6.07, 6.45) is 4.64. The number of dihydropyridines is 1. The Kier molecular flexibility index (Phi) is 2.10. The fourth-order valence-corrected chi connectivity index (χ4v) is 0.987. The summed E-state index contributed by atoms with van der Waals surface area (Å²) < 4.78 is 0. The molecule has 0 aromatic heterocycles. The summed E-state index contributed by atoms with van der Waals surface area (Å²) in [5, 5.41) is 2.65. The van der Waals surface area contributed by atoms with E-state index in [9.17, 15) is 9.59 Å². The number of nitrogens with one attached hydrogen (secondary N) is 1. The predicted molar refractivity (Wildman–Crippen MR) is 47.2 cm³/mol. The summed E-state index contributed by atoms with van der Waals surface area (Å²) in [6.45, 7) is 1.57. The second-order valence-corrected chi connectivity index (χ2v) is 3.00. The molecule has 0 aliphatic carbocycles. The molecule has 2 amide bonds. The molecule has 0 radical (unpaired) electrons. The van der Waals surface area contributed by atoms with E-state index in [4.69, 9.17) is 11.5 Å². The molecular formula is C8H11N3O2. The molecule has 1 unspecified atom stereocenters. The molecule has 0 fully saturated rings. The Hall–Kier alpha value is -1.78. The molecule has 0 saturated heterocycles. The van der Waals surface area contributed by atoms with Crippen molar-refractivity contribution >= 4 is 11.8 Å². The van der Waals surface area contributed by atoms with Crippen molar-refractivity contribution in [3.05, 3.63) is 23.9 Å². The maximum atomic E-state index is 11.0. The van der Waals surface area contributed by atoms with Gasteiger partial charge in [0.05, 0.1) is 0 Å². The second kappa shape index (κ2) is 2.93. The number of nitrogens with two attached hydrogens (primary N) is 2. The SMILES string of the molecule is CC1(C(N)=O)C=CC=C(C(N)=O)N1. The number of allylic oxidation sites excluding steroid dienone is 2. The van der Waals surface area contributed by atoms with Crippen molar-refractivity contribution in [2.24, 2.45) is 11.5 Å². The van der Waals surface area contributed by atoms with Crippen molar-refractivity contribution in [2.75, 3.05) is 0 Å². The molecule has 5 heteroatoms. The minimum atomic E-state index is -1.03. The fraction of sp³-hybridized carbons (Fsp3) is 0.250. The van der Waals surface area contributed by atoms with Gasteiger partial charge in [0.25, 0.3) is 5.91 Å². The highest BCUT2D eigenvalue weighted by Crippen LogP contribution is 2.12. The molecule has 1 rings (SSSR count). The van der Waals surface area contributed by atoms with Crippen LogP contribution in [0.3, 0.4) is 0 Å². The van der Waals surface area contributed by atoms with Gasteiger partial charge < -0.3 is 16.8 Å². The molecule has 1 heterocycles. The van der Waals surface area contributed by atoms with Crippen LogP contribution in [0.5, 0.6) is 0 Å². The normalized spacial score (nSPS) is 26.1. The maximum Gasteiger partial charge on any atom is 0.264 e. The highest BCUT2D eigenvalue weighted by atomic mass is 16.2. The third-order valence-electron chi connectivity index (χ3n) is 1.86. The Bertz CT molecular complexity index is 319. The topological polar surface area (TPSA) is 98.2 Å². The summed E-state index contributed by atoms with van der Waals surface area (Å²) in [4.78, 5) is 21.7. The van der Waals surface area contributed by atoms with Crippen LogP contribution in [0, 0.1) is 0 Å². The van der Waals surface area contributed by atoms with Crippen LogP contribution >= 0.6 is 0 Å². The largest absolute Gasteiger partial charge is 0.367 e. The minimum Gasteiger partial charge on any atom is -0.367 e. The van der Waals surface area contributed by atoms with E-state index >= 15 is 0 Å². The first-order chi connectivity index (χ1) is 5.96. The van der Waals surface area contributed by atoms with E-state index in [2.05, 4.69) is 5.32 Å². The molecule has 0 aromatic rings. The number of hydrogen-bond acceptors (Lipinski definition) is 3. The van der Waals surface area contributed by atoms with Crippen molar-refractivity contribution in [2.45, 2.75) is 12.5 Å². The van der Waals surface area contributed by atoms with E-state index in [1.54, 1.807) is 19.1 Å². The Balaban J connectivity index is 2.92. The number of carbonyl (C=O) groups excluding carboxylic acids is 2. The zero-order valence-electron chi connectivity index (χ0n) is 7.20. The summed E-state index contributed by atoms with van der Waals surface area (Å²) in [7, 11) is 0. The highest BCUT2D eigenvalue weighted by molar-refractivity contribution is 5.95. The Labute approximate surface area is 75.5 Å². The number of amides is 2. The van der Waals surface area contributed by atoms with Crippen molar-refractivity contribution in [1.82, 2.24) is 5.32 Å². The molecule has 0 spiro atoms. The van der Waals surface area contributed by atoms with Crippen LogP contribution in [0.15, 0.2) is 23.9 Å². The van der Waals surface area contributed by atoms with Gasteiger partial charge in [0.15, 0.2) is 0 Å². The van der Waals surface area contributed by atoms with Crippen LogP contribution in [0.4, 0.5) is 0 Å². The Morgan fingerprint density at radius 1 is 1.46 bits per heavy atom. The summed E-state index contributed by atoms with van der Waals surface area (Å²) in [5.41, 5.74) is 9.32. The van der Waals surface area contributed by atoms with Crippen LogP contribution in [0.1, 0.15) is 6.92 Å². The molecule has 0 saturated carbocycles. The molecule has 13 heavy (non-hydrogen) atoms. The lowest BCUT2D eigenvalue weighted by Crippen LogP contribution is -2.53. The van der Waals surface area contributed by atoms with Crippen molar-refractivity contribution in [3.63, 3.8) is 0 Å². The first-order valence-corrected chi connectivity index (χ1v) is 3.73. The molecule has 0 aromatic carbocycles. The molecular weight excluding hydrogens is 170 g/mol. The van der Waals surface area contributed by atoms with E-state index in [1.807, 2.05) is 0 Å². The first kappa shape index (κ1) is 9.31. The quantitative estimate of drug-likeness (QED) is 0.497. The number of carbonyl (C=O) groups is 2. The average Bonchev–Trinajstić information content (AvgIpc) is 2.04. The molecule has 1 atom stereocenters. The first-order valence-electron chi connectivity index (χ1n) is 3.73. The number of primary amides is 2. The van der Waals surface area contributed by atoms with Crippen molar-refractivity contribution in [3.8, 4) is 0 Å². The van der Waals surface area contributed by atoms with Gasteiger partial charge in [-0.1, -0.05) is 12.2 Å². The van der Waals surface area contributed by atoms with E-state index in [1.165, 1.54) is 6.08 Å². The van der Waals surface area contributed by atoms with Crippen molar-refractivity contribution in [1.29, 1.82) is 0 Å². The summed E-state index contributed by atoms with van der Waals surface area (Å²) in [5.74, 6) is -1.17. The average molecular weight is 181 g/mol. The van der Waals surface area contributed by atoms with Gasteiger partial charge in [0.2, 0.25) is 5.91 Å². The van der Waals surface area contributed by atoms with Crippen LogP contribution in [-0.2, 0) is 9.59 Å². The summed E-state index contributed by atoms with van der Waals surface area (Å²) in [6, 6.07) is 0. The molecule has 70 valence electrons. The van der Waals surface area contributed by atoms with Crippen molar-refractivity contribution < 1.29 is 9.59 Å². The summed E-state index contributed by atoms with van der Waals surface area (Å²) >= 11 is 0. The molecule has 1 aliphatic rings. The smallest absolute Gasteiger partial charge is 0.264 e. The monoisotopic (exact) mass is 181 g/mol. The van der Waals surface area contributed by atoms with Gasteiger partial charge in [-0.15, -0.1) is 0 Å². The zero-order valence-corrected chi connectivity index (χ0v) is 7.20. The van der Waals surface area contributed by atoms with Gasteiger partial charge in [0, 0.05) is 0 Å². The minimum absolute atomic E-state index is 0.184. The van der Waals surface area contributed by atoms with E-state index < -0.39 is 17.4 Å². The third kappa shape index (κ3) is 1.69. The molecule has 0 bridgehead atoms. The maximum absolute atomic E-state index is 11.0. The molecule has 5 nitrogen and oxygen atoms in total. The number of rotatable bonds is 2. The zero-order chi connectivity index (χ0) is 10.1. The fourth-order valence-electron chi connectivity index (χ4n) is 0.987. The second-order valence-electron chi connectivity index (χ2n) is 3.00. The van der Waals surface area contributed by atoms with Crippen LogP contribution in [0.25, 0.3) is 0 Å². The van der Waals surface area contributed by atoms with Gasteiger partial charge in [-0.3, -0.25) is 9.59 Å². The Morgan fingerprint density at radius 2 is 2.08 bits per heavy atom. The van der Waals surface area contributed by atoms with Crippen LogP contribution < -0.4 is 16.8 Å². The lowest BCUT2D eigenvalue weighted by molar-refractivity contribution is -0.122. The predicted octanol–water partition coefficient (Wildman–Crippen LogP) is -1.24. The van der Waals surface area contributed by atoms with Gasteiger partial charge in [-0.25, -0.2) is 0 Å². The molecule has 5 N–H and O–H groups in total. The standard InChI is InChI=1S/C8H11N3O2/c1-8(7(10)13)4-2-3-5(11-8)6(9)12/h2-4,11H,1H3,(H2,9,12)(H2,10,13). The van der Waals surface area contributed by atoms with Gasteiger partial charge in [-0.05, 0) is 13.0 Å². The van der Waals surface area contributed by atoms with E-state index in [0.29, 0.717) is 0 Å². The number of hydrogen-bond donors (Lipinski definition) is 3. The van der Waals surface area contributed by atoms with Crippen LogP contribution in [0.2, 0.25) is 0 Å². The highest BCUT2D eigenvalue weighted by Gasteiger charge is 2.31. The lowest BCUT2D eigenvalue weighted by Gasteiger charge is -2.27. The van der Waals surface area contributed by atoms with Gasteiger partial charge in [-0.2, -0.15) is 0 Å². The van der Waals surface area contributed by atoms with Crippen LogP contribution in [-0.4, -0.2) is 17.4 Å².